The van der Waals surface area contributed by atoms with E-state index < -0.39 is 0 Å². The van der Waals surface area contributed by atoms with Gasteiger partial charge in [0, 0.05) is 43.0 Å². The Kier molecular flexibility index (Phi) is 6.09. The van der Waals surface area contributed by atoms with Crippen LogP contribution in [0.1, 0.15) is 36.6 Å². The summed E-state index contributed by atoms with van der Waals surface area (Å²) in [7, 11) is 0. The van der Waals surface area contributed by atoms with Crippen LogP contribution in [-0.4, -0.2) is 35.0 Å². The quantitative estimate of drug-likeness (QED) is 0.657. The van der Waals surface area contributed by atoms with Gasteiger partial charge >= 0.3 is 0 Å². The first kappa shape index (κ1) is 20.7. The second-order valence-corrected chi connectivity index (χ2v) is 7.36. The van der Waals surface area contributed by atoms with E-state index in [0.29, 0.717) is 22.9 Å². The molecule has 1 aliphatic carbocycles. The highest BCUT2D eigenvalue weighted by atomic mass is 35.5. The zero-order valence-electron chi connectivity index (χ0n) is 16.2. The van der Waals surface area contributed by atoms with Gasteiger partial charge in [0.05, 0.1) is 17.3 Å². The van der Waals surface area contributed by atoms with Gasteiger partial charge in [0.2, 0.25) is 11.9 Å². The van der Waals surface area contributed by atoms with Gasteiger partial charge in [-0.25, -0.2) is 4.98 Å². The van der Waals surface area contributed by atoms with Crippen LogP contribution in [0.4, 0.5) is 23.1 Å². The molecule has 29 heavy (non-hydrogen) atoms. The number of carbonyl (C=O) groups is 1. The SMILES string of the molecule is CC(=O)NC1CCN(c2nc(Nc3cc(N)cc(C#N)c3)nc3c2CCC3)C1.Cl. The highest BCUT2D eigenvalue weighted by molar-refractivity contribution is 5.85. The molecule has 1 unspecified atom stereocenters. The number of nitrogens with one attached hydrogen (secondary N) is 2. The lowest BCUT2D eigenvalue weighted by atomic mass is 10.2. The van der Waals surface area contributed by atoms with E-state index in [1.807, 2.05) is 0 Å². The molecule has 2 aliphatic rings. The molecule has 1 fully saturated rings. The number of halogens is 1. The van der Waals surface area contributed by atoms with E-state index in [4.69, 9.17) is 21.0 Å². The molecular formula is C20H24ClN7O. The number of nitrogen functional groups attached to an aromatic ring is 1. The lowest BCUT2D eigenvalue weighted by molar-refractivity contribution is -0.119. The molecule has 1 aliphatic heterocycles. The molecule has 9 heteroatoms. The lowest BCUT2D eigenvalue weighted by Gasteiger charge is -2.21. The first-order valence-corrected chi connectivity index (χ1v) is 9.51. The molecule has 1 aromatic carbocycles. The molecular weight excluding hydrogens is 390 g/mol. The molecule has 0 spiro atoms. The molecule has 0 radical (unpaired) electrons. The van der Waals surface area contributed by atoms with Crippen LogP contribution in [0.3, 0.4) is 0 Å². The highest BCUT2D eigenvalue weighted by Gasteiger charge is 2.29. The van der Waals surface area contributed by atoms with Crippen LogP contribution >= 0.6 is 12.4 Å². The van der Waals surface area contributed by atoms with Crippen LogP contribution in [0, 0.1) is 11.3 Å². The number of aryl methyl sites for hydroxylation is 1. The van der Waals surface area contributed by atoms with Crippen LogP contribution < -0.4 is 21.3 Å². The zero-order chi connectivity index (χ0) is 19.7. The molecule has 2 heterocycles. The van der Waals surface area contributed by atoms with Gasteiger partial charge in [-0.3, -0.25) is 4.79 Å². The summed E-state index contributed by atoms with van der Waals surface area (Å²) in [5, 5.41) is 15.4. The first-order valence-electron chi connectivity index (χ1n) is 9.51. The molecule has 0 bridgehead atoms. The Morgan fingerprint density at radius 1 is 1.31 bits per heavy atom. The third-order valence-electron chi connectivity index (χ3n) is 5.15. The van der Waals surface area contributed by atoms with Crippen LogP contribution in [0.2, 0.25) is 0 Å². The van der Waals surface area contributed by atoms with Gasteiger partial charge in [-0.1, -0.05) is 0 Å². The molecule has 1 amide bonds. The number of nitrogens with two attached hydrogens (primary N) is 1. The third-order valence-corrected chi connectivity index (χ3v) is 5.15. The summed E-state index contributed by atoms with van der Waals surface area (Å²) in [6.45, 7) is 3.15. The van der Waals surface area contributed by atoms with Crippen molar-refractivity contribution >= 4 is 41.5 Å². The summed E-state index contributed by atoms with van der Waals surface area (Å²) in [5.41, 5.74) is 9.86. The third kappa shape index (κ3) is 4.51. The van der Waals surface area contributed by atoms with Crippen molar-refractivity contribution < 1.29 is 4.79 Å². The molecule has 1 aromatic heterocycles. The molecule has 8 nitrogen and oxygen atoms in total. The Bertz CT molecular complexity index is 972. The van der Waals surface area contributed by atoms with Gasteiger partial charge in [-0.05, 0) is 43.9 Å². The van der Waals surface area contributed by atoms with E-state index in [9.17, 15) is 4.79 Å². The van der Waals surface area contributed by atoms with Gasteiger partial charge < -0.3 is 21.3 Å². The summed E-state index contributed by atoms with van der Waals surface area (Å²) in [5.74, 6) is 1.45. The van der Waals surface area contributed by atoms with E-state index >= 15 is 0 Å². The second-order valence-electron chi connectivity index (χ2n) is 7.36. The van der Waals surface area contributed by atoms with E-state index in [-0.39, 0.29) is 24.4 Å². The zero-order valence-corrected chi connectivity index (χ0v) is 17.1. The fourth-order valence-electron chi connectivity index (χ4n) is 4.01. The maximum atomic E-state index is 11.4. The van der Waals surface area contributed by atoms with Gasteiger partial charge in [0.25, 0.3) is 0 Å². The number of amides is 1. The summed E-state index contributed by atoms with van der Waals surface area (Å²) in [6.07, 6.45) is 3.88. The summed E-state index contributed by atoms with van der Waals surface area (Å²) in [6, 6.07) is 7.38. The van der Waals surface area contributed by atoms with Gasteiger partial charge in [-0.2, -0.15) is 10.2 Å². The van der Waals surface area contributed by atoms with Crippen molar-refractivity contribution in [1.82, 2.24) is 15.3 Å². The monoisotopic (exact) mass is 413 g/mol. The molecule has 1 saturated heterocycles. The second kappa shape index (κ2) is 8.53. The standard InChI is InChI=1S/C20H23N7O.ClH/c1-12(28)23-15-5-6-27(11-15)19-17-3-2-4-18(17)25-20(26-19)24-16-8-13(10-21)7-14(22)9-16;/h7-9,15H,2-6,11,22H2,1H3,(H,23,28)(H,24,25,26);1H. The number of hydrogen-bond acceptors (Lipinski definition) is 7. The summed E-state index contributed by atoms with van der Waals surface area (Å²) in [4.78, 5) is 23.1. The number of carbonyl (C=O) groups excluding carboxylic acids is 1. The van der Waals surface area contributed by atoms with E-state index in [1.165, 1.54) is 5.56 Å². The van der Waals surface area contributed by atoms with Crippen molar-refractivity contribution in [3.63, 3.8) is 0 Å². The van der Waals surface area contributed by atoms with Gasteiger partial charge in [0.1, 0.15) is 5.82 Å². The molecule has 4 N–H and O–H groups in total. The number of anilines is 4. The Hall–Kier alpha value is -3.05. The predicted molar refractivity (Wildman–Crippen MR) is 115 cm³/mol. The number of benzene rings is 1. The van der Waals surface area contributed by atoms with Crippen molar-refractivity contribution in [3.8, 4) is 6.07 Å². The molecule has 0 saturated carbocycles. The smallest absolute Gasteiger partial charge is 0.229 e. The Labute approximate surface area is 175 Å². The number of hydrogen-bond donors (Lipinski definition) is 3. The largest absolute Gasteiger partial charge is 0.399 e. The molecule has 1 atom stereocenters. The minimum Gasteiger partial charge on any atom is -0.399 e. The molecule has 152 valence electrons. The number of nitriles is 1. The number of fused-ring (bicyclic) bond motifs is 1. The topological polar surface area (TPSA) is 120 Å². The van der Waals surface area contributed by atoms with Crippen molar-refractivity contribution in [3.05, 3.63) is 35.0 Å². The number of nitrogens with zero attached hydrogens (tertiary/aromatic N) is 4. The van der Waals surface area contributed by atoms with Gasteiger partial charge in [-0.15, -0.1) is 12.4 Å². The maximum absolute atomic E-state index is 11.4. The summed E-state index contributed by atoms with van der Waals surface area (Å²) < 4.78 is 0. The molecule has 2 aromatic rings. The molecule has 4 rings (SSSR count). The van der Waals surface area contributed by atoms with E-state index in [1.54, 1.807) is 25.1 Å². The van der Waals surface area contributed by atoms with Crippen LogP contribution in [0.15, 0.2) is 18.2 Å². The van der Waals surface area contributed by atoms with Gasteiger partial charge in [0.15, 0.2) is 0 Å². The Morgan fingerprint density at radius 2 is 2.14 bits per heavy atom. The fraction of sp³-hybridized carbons (Fsp3) is 0.400. The highest BCUT2D eigenvalue weighted by Crippen LogP contribution is 2.32. The number of aromatic nitrogens is 2. The predicted octanol–water partition coefficient (Wildman–Crippen LogP) is 2.30. The fourth-order valence-corrected chi connectivity index (χ4v) is 4.01. The maximum Gasteiger partial charge on any atom is 0.229 e. The Morgan fingerprint density at radius 3 is 2.90 bits per heavy atom. The summed E-state index contributed by atoms with van der Waals surface area (Å²) >= 11 is 0. The Balaban J connectivity index is 0.00000240. The van der Waals surface area contributed by atoms with Crippen molar-refractivity contribution in [2.24, 2.45) is 0 Å². The van der Waals surface area contributed by atoms with E-state index in [2.05, 4.69) is 21.6 Å². The average molecular weight is 414 g/mol. The average Bonchev–Trinajstić information content (AvgIpc) is 3.29. The van der Waals surface area contributed by atoms with Crippen LogP contribution in [0.5, 0.6) is 0 Å². The lowest BCUT2D eigenvalue weighted by Crippen LogP contribution is -2.36. The van der Waals surface area contributed by atoms with Crippen LogP contribution in [-0.2, 0) is 17.6 Å². The normalized spacial score (nSPS) is 17.2. The minimum atomic E-state index is -0.00270. The number of rotatable bonds is 4. The van der Waals surface area contributed by atoms with Crippen LogP contribution in [0.25, 0.3) is 0 Å². The van der Waals surface area contributed by atoms with Crippen molar-refractivity contribution in [1.29, 1.82) is 5.26 Å². The van der Waals surface area contributed by atoms with Crippen molar-refractivity contribution in [2.75, 3.05) is 29.0 Å². The van der Waals surface area contributed by atoms with E-state index in [0.717, 1.165) is 50.3 Å². The minimum absolute atomic E-state index is 0. The first-order chi connectivity index (χ1) is 13.5. The van der Waals surface area contributed by atoms with Crippen molar-refractivity contribution in [2.45, 2.75) is 38.6 Å².